The molecular formula is C15H13Cl2N3O2. The zero-order chi connectivity index (χ0) is 16.1. The van der Waals surface area contributed by atoms with Crippen molar-refractivity contribution < 1.29 is 9.59 Å². The van der Waals surface area contributed by atoms with Crippen LogP contribution in [0.25, 0.3) is 0 Å². The Balaban J connectivity index is 2.00. The number of benzene rings is 2. The SMILES string of the molecule is CC(=O)Nc1ccc(NC(=O)Nc2cccc(Cl)c2Cl)cc1. The van der Waals surface area contributed by atoms with Crippen molar-refractivity contribution in [3.05, 3.63) is 52.5 Å². The van der Waals surface area contributed by atoms with Crippen LogP contribution < -0.4 is 16.0 Å². The standard InChI is InChI=1S/C15H13Cl2N3O2/c1-9(21)18-10-5-7-11(8-6-10)19-15(22)20-13-4-2-3-12(16)14(13)17/h2-8H,1H3,(H,18,21)(H2,19,20,22). The molecule has 2 aromatic carbocycles. The zero-order valence-corrected chi connectivity index (χ0v) is 13.1. The van der Waals surface area contributed by atoms with E-state index in [0.29, 0.717) is 22.1 Å². The smallest absolute Gasteiger partial charge is 0.323 e. The molecule has 2 aromatic rings. The summed E-state index contributed by atoms with van der Waals surface area (Å²) in [7, 11) is 0. The second-order valence-corrected chi connectivity index (χ2v) is 5.22. The van der Waals surface area contributed by atoms with Crippen LogP contribution in [0.3, 0.4) is 0 Å². The first kappa shape index (κ1) is 16.1. The number of amides is 3. The quantitative estimate of drug-likeness (QED) is 0.766. The third-order valence-corrected chi connectivity index (χ3v) is 3.48. The Morgan fingerprint density at radius 1 is 0.864 bits per heavy atom. The summed E-state index contributed by atoms with van der Waals surface area (Å²) in [5.74, 6) is -0.158. The van der Waals surface area contributed by atoms with Gasteiger partial charge in [-0.05, 0) is 36.4 Å². The van der Waals surface area contributed by atoms with Crippen molar-refractivity contribution in [2.24, 2.45) is 0 Å². The van der Waals surface area contributed by atoms with Gasteiger partial charge in [-0.2, -0.15) is 0 Å². The van der Waals surface area contributed by atoms with Crippen LogP contribution >= 0.6 is 23.2 Å². The van der Waals surface area contributed by atoms with Crippen molar-refractivity contribution >= 4 is 52.2 Å². The van der Waals surface area contributed by atoms with E-state index >= 15 is 0 Å². The Labute approximate surface area is 137 Å². The van der Waals surface area contributed by atoms with Gasteiger partial charge >= 0.3 is 6.03 Å². The molecule has 0 heterocycles. The number of halogens is 2. The summed E-state index contributed by atoms with van der Waals surface area (Å²) in [6.07, 6.45) is 0. The first-order valence-corrected chi connectivity index (χ1v) is 7.11. The van der Waals surface area contributed by atoms with Gasteiger partial charge in [0.05, 0.1) is 15.7 Å². The zero-order valence-electron chi connectivity index (χ0n) is 11.6. The highest BCUT2D eigenvalue weighted by Gasteiger charge is 2.08. The lowest BCUT2D eigenvalue weighted by molar-refractivity contribution is -0.114. The second-order valence-electron chi connectivity index (χ2n) is 4.44. The fraction of sp³-hybridized carbons (Fsp3) is 0.0667. The van der Waals surface area contributed by atoms with E-state index in [-0.39, 0.29) is 10.9 Å². The van der Waals surface area contributed by atoms with Gasteiger partial charge in [-0.3, -0.25) is 4.79 Å². The summed E-state index contributed by atoms with van der Waals surface area (Å²) >= 11 is 11.9. The lowest BCUT2D eigenvalue weighted by atomic mass is 10.3. The Hall–Kier alpha value is -2.24. The fourth-order valence-corrected chi connectivity index (χ4v) is 2.07. The molecule has 0 aliphatic rings. The number of nitrogens with one attached hydrogen (secondary N) is 3. The summed E-state index contributed by atoms with van der Waals surface area (Å²) in [4.78, 5) is 22.8. The molecule has 2 rings (SSSR count). The monoisotopic (exact) mass is 337 g/mol. The topological polar surface area (TPSA) is 70.2 Å². The molecule has 114 valence electrons. The molecule has 0 saturated heterocycles. The first-order valence-electron chi connectivity index (χ1n) is 6.35. The average molecular weight is 338 g/mol. The number of carbonyl (C=O) groups excluding carboxylic acids is 2. The molecule has 0 aliphatic heterocycles. The second kappa shape index (κ2) is 7.15. The summed E-state index contributed by atoms with van der Waals surface area (Å²) in [6.45, 7) is 1.42. The van der Waals surface area contributed by atoms with E-state index in [0.717, 1.165) is 0 Å². The van der Waals surface area contributed by atoms with Crippen LogP contribution in [-0.2, 0) is 4.79 Å². The Morgan fingerprint density at radius 3 is 2.05 bits per heavy atom. The molecule has 3 N–H and O–H groups in total. The number of carbonyl (C=O) groups is 2. The van der Waals surface area contributed by atoms with Crippen molar-refractivity contribution in [2.45, 2.75) is 6.92 Å². The van der Waals surface area contributed by atoms with Gasteiger partial charge in [-0.15, -0.1) is 0 Å². The summed E-state index contributed by atoms with van der Waals surface area (Å²) in [6, 6.07) is 11.2. The van der Waals surface area contributed by atoms with Crippen molar-refractivity contribution in [3.63, 3.8) is 0 Å². The van der Waals surface area contributed by atoms with E-state index < -0.39 is 6.03 Å². The molecule has 0 saturated carbocycles. The summed E-state index contributed by atoms with van der Waals surface area (Å²) in [5.41, 5.74) is 1.64. The average Bonchev–Trinajstić information content (AvgIpc) is 2.45. The lowest BCUT2D eigenvalue weighted by Gasteiger charge is -2.10. The number of hydrogen-bond donors (Lipinski definition) is 3. The maximum atomic E-state index is 11.9. The van der Waals surface area contributed by atoms with Crippen molar-refractivity contribution in [3.8, 4) is 0 Å². The third-order valence-electron chi connectivity index (χ3n) is 2.66. The van der Waals surface area contributed by atoms with Crippen molar-refractivity contribution in [1.82, 2.24) is 0 Å². The van der Waals surface area contributed by atoms with Gasteiger partial charge < -0.3 is 16.0 Å². The van der Waals surface area contributed by atoms with E-state index in [1.54, 1.807) is 42.5 Å². The Kier molecular flexibility index (Phi) is 5.25. The first-order chi connectivity index (χ1) is 10.5. The van der Waals surface area contributed by atoms with E-state index in [1.165, 1.54) is 6.92 Å². The van der Waals surface area contributed by atoms with Gasteiger partial charge in [-0.25, -0.2) is 4.79 Å². The molecule has 3 amide bonds. The summed E-state index contributed by atoms with van der Waals surface area (Å²) < 4.78 is 0. The fourth-order valence-electron chi connectivity index (χ4n) is 1.73. The molecule has 0 aromatic heterocycles. The van der Waals surface area contributed by atoms with Gasteiger partial charge in [0.2, 0.25) is 5.91 Å². The minimum absolute atomic E-state index is 0.158. The summed E-state index contributed by atoms with van der Waals surface area (Å²) in [5, 5.41) is 8.54. The highest BCUT2D eigenvalue weighted by molar-refractivity contribution is 6.44. The molecule has 0 radical (unpaired) electrons. The van der Waals surface area contributed by atoms with Gasteiger partial charge in [0.25, 0.3) is 0 Å². The van der Waals surface area contributed by atoms with Crippen molar-refractivity contribution in [1.29, 1.82) is 0 Å². The molecule has 0 aliphatic carbocycles. The number of hydrogen-bond acceptors (Lipinski definition) is 2. The van der Waals surface area contributed by atoms with Gasteiger partial charge in [0, 0.05) is 18.3 Å². The minimum atomic E-state index is -0.448. The van der Waals surface area contributed by atoms with Crippen LogP contribution in [0.1, 0.15) is 6.92 Å². The molecule has 0 fully saturated rings. The molecule has 5 nitrogen and oxygen atoms in total. The molecule has 22 heavy (non-hydrogen) atoms. The van der Waals surface area contributed by atoms with E-state index in [2.05, 4.69) is 16.0 Å². The van der Waals surface area contributed by atoms with Crippen molar-refractivity contribution in [2.75, 3.05) is 16.0 Å². The predicted molar refractivity (Wildman–Crippen MR) is 89.8 cm³/mol. The minimum Gasteiger partial charge on any atom is -0.326 e. The molecule has 0 bridgehead atoms. The Morgan fingerprint density at radius 2 is 1.45 bits per heavy atom. The molecule has 7 heteroatoms. The molecule has 0 atom stereocenters. The lowest BCUT2D eigenvalue weighted by Crippen LogP contribution is -2.19. The largest absolute Gasteiger partial charge is 0.326 e. The van der Waals surface area contributed by atoms with Crippen LogP contribution in [0.5, 0.6) is 0 Å². The molecule has 0 unspecified atom stereocenters. The number of anilines is 3. The highest BCUT2D eigenvalue weighted by Crippen LogP contribution is 2.29. The van der Waals surface area contributed by atoms with Crippen LogP contribution in [0.15, 0.2) is 42.5 Å². The predicted octanol–water partition coefficient (Wildman–Crippen LogP) is 4.60. The van der Waals surface area contributed by atoms with E-state index in [4.69, 9.17) is 23.2 Å². The highest BCUT2D eigenvalue weighted by atomic mass is 35.5. The number of rotatable bonds is 3. The van der Waals surface area contributed by atoms with Crippen LogP contribution in [0, 0.1) is 0 Å². The molecular weight excluding hydrogens is 325 g/mol. The van der Waals surface area contributed by atoms with Gasteiger partial charge in [-0.1, -0.05) is 29.3 Å². The van der Waals surface area contributed by atoms with Crippen LogP contribution in [-0.4, -0.2) is 11.9 Å². The molecule has 0 spiro atoms. The normalized spacial score (nSPS) is 9.95. The van der Waals surface area contributed by atoms with E-state index in [1.807, 2.05) is 0 Å². The number of urea groups is 1. The van der Waals surface area contributed by atoms with Crippen LogP contribution in [0.4, 0.5) is 21.9 Å². The third kappa shape index (κ3) is 4.38. The maximum absolute atomic E-state index is 11.9. The van der Waals surface area contributed by atoms with Gasteiger partial charge in [0.1, 0.15) is 0 Å². The Bertz CT molecular complexity index is 702. The van der Waals surface area contributed by atoms with E-state index in [9.17, 15) is 9.59 Å². The van der Waals surface area contributed by atoms with Crippen LogP contribution in [0.2, 0.25) is 10.0 Å². The maximum Gasteiger partial charge on any atom is 0.323 e. The van der Waals surface area contributed by atoms with Gasteiger partial charge in [0.15, 0.2) is 0 Å².